The molecule has 0 unspecified atom stereocenters. The number of hydrogen-bond donors (Lipinski definition) is 2. The third kappa shape index (κ3) is 4.57. The minimum Gasteiger partial charge on any atom is -0.508 e. The second kappa shape index (κ2) is 9.51. The van der Waals surface area contributed by atoms with Gasteiger partial charge in [0.1, 0.15) is 15.8 Å². The van der Waals surface area contributed by atoms with Gasteiger partial charge >= 0.3 is 0 Å². The molecule has 2 aromatic heterocycles. The quantitative estimate of drug-likeness (QED) is 0.275. The van der Waals surface area contributed by atoms with E-state index < -0.39 is 0 Å². The number of methoxy groups -OCH3 is 1. The van der Waals surface area contributed by atoms with Crippen molar-refractivity contribution in [3.05, 3.63) is 91.0 Å². The summed E-state index contributed by atoms with van der Waals surface area (Å²) < 4.78 is 7.45. The Morgan fingerprint density at radius 2 is 1.18 bits per heavy atom. The number of benzene rings is 4. The molecule has 0 aliphatic heterocycles. The molecule has 0 saturated carbocycles. The summed E-state index contributed by atoms with van der Waals surface area (Å²) in [7, 11) is 1.54. The zero-order valence-electron chi connectivity index (χ0n) is 18.2. The van der Waals surface area contributed by atoms with Crippen LogP contribution >= 0.6 is 22.7 Å². The fourth-order valence-corrected chi connectivity index (χ4v) is 5.34. The number of rotatable bonds is 3. The van der Waals surface area contributed by atoms with Crippen molar-refractivity contribution in [2.24, 2.45) is 0 Å². The third-order valence-corrected chi connectivity index (χ3v) is 7.30. The van der Waals surface area contributed by atoms with Crippen molar-refractivity contribution in [1.29, 1.82) is 0 Å². The lowest BCUT2D eigenvalue weighted by molar-refractivity contribution is 0.373. The first-order chi connectivity index (χ1) is 16.6. The van der Waals surface area contributed by atoms with Crippen molar-refractivity contribution in [3.63, 3.8) is 0 Å². The van der Waals surface area contributed by atoms with E-state index in [1.807, 2.05) is 60.7 Å². The molecule has 0 bridgehead atoms. The van der Waals surface area contributed by atoms with Gasteiger partial charge in [-0.1, -0.05) is 24.3 Å². The van der Waals surface area contributed by atoms with Gasteiger partial charge in [-0.3, -0.25) is 0 Å². The number of para-hydroxylation sites is 2. The molecule has 0 radical (unpaired) electrons. The monoisotopic (exact) mass is 484 g/mol. The van der Waals surface area contributed by atoms with Crippen LogP contribution in [0, 0.1) is 0 Å². The second-order valence-electron chi connectivity index (χ2n) is 7.41. The number of hydrogen-bond acceptors (Lipinski definition) is 7. The summed E-state index contributed by atoms with van der Waals surface area (Å²) in [6.45, 7) is 0. The molecule has 2 N–H and O–H groups in total. The number of nitrogens with zero attached hydrogens (tertiary/aromatic N) is 2. The molecular weight excluding hydrogens is 464 g/mol. The van der Waals surface area contributed by atoms with Gasteiger partial charge in [-0.15, -0.1) is 22.7 Å². The number of phenols is 2. The van der Waals surface area contributed by atoms with E-state index in [0.717, 1.165) is 36.9 Å². The molecule has 0 aliphatic carbocycles. The van der Waals surface area contributed by atoms with Gasteiger partial charge in [0.25, 0.3) is 0 Å². The average Bonchev–Trinajstić information content (AvgIpc) is 3.50. The maximum atomic E-state index is 9.58. The predicted octanol–water partition coefficient (Wildman–Crippen LogP) is 7.35. The summed E-state index contributed by atoms with van der Waals surface area (Å²) in [4.78, 5) is 9.12. The maximum Gasteiger partial charge on any atom is 0.161 e. The van der Waals surface area contributed by atoms with E-state index in [-0.39, 0.29) is 11.5 Å². The normalized spacial score (nSPS) is 10.7. The Kier molecular flexibility index (Phi) is 6.12. The van der Waals surface area contributed by atoms with E-state index in [1.54, 1.807) is 46.9 Å². The summed E-state index contributed by atoms with van der Waals surface area (Å²) in [6.07, 6.45) is 0. The lowest BCUT2D eigenvalue weighted by atomic mass is 10.2. The van der Waals surface area contributed by atoms with E-state index in [4.69, 9.17) is 4.74 Å². The van der Waals surface area contributed by atoms with Crippen molar-refractivity contribution in [3.8, 4) is 38.4 Å². The smallest absolute Gasteiger partial charge is 0.161 e. The van der Waals surface area contributed by atoms with Crippen LogP contribution in [0.2, 0.25) is 0 Å². The van der Waals surface area contributed by atoms with Crippen molar-refractivity contribution >= 4 is 43.1 Å². The predicted molar refractivity (Wildman–Crippen MR) is 140 cm³/mol. The largest absolute Gasteiger partial charge is 0.508 e. The number of aromatic hydroxyl groups is 2. The topological polar surface area (TPSA) is 75.5 Å². The minimum atomic E-state index is 0.141. The zero-order valence-corrected chi connectivity index (χ0v) is 19.8. The Hall–Kier alpha value is -3.94. The lowest BCUT2D eigenvalue weighted by Crippen LogP contribution is -1.84. The molecule has 0 aliphatic rings. The van der Waals surface area contributed by atoms with Gasteiger partial charge in [0.2, 0.25) is 0 Å². The van der Waals surface area contributed by atoms with E-state index in [9.17, 15) is 10.2 Å². The van der Waals surface area contributed by atoms with Gasteiger partial charge < -0.3 is 14.9 Å². The minimum absolute atomic E-state index is 0.141. The lowest BCUT2D eigenvalue weighted by Gasteiger charge is -2.04. The van der Waals surface area contributed by atoms with E-state index in [2.05, 4.69) is 16.0 Å². The first-order valence-electron chi connectivity index (χ1n) is 10.5. The van der Waals surface area contributed by atoms with Gasteiger partial charge in [0, 0.05) is 11.1 Å². The highest BCUT2D eigenvalue weighted by Gasteiger charge is 2.09. The number of ether oxygens (including phenoxy) is 1. The highest BCUT2D eigenvalue weighted by Crippen LogP contribution is 2.35. The van der Waals surface area contributed by atoms with Crippen LogP contribution in [0.3, 0.4) is 0 Å². The van der Waals surface area contributed by atoms with Gasteiger partial charge in [0.05, 0.1) is 27.5 Å². The molecule has 34 heavy (non-hydrogen) atoms. The van der Waals surface area contributed by atoms with Crippen LogP contribution in [0.4, 0.5) is 0 Å². The molecule has 6 rings (SSSR count). The molecule has 0 spiro atoms. The molecule has 0 fully saturated rings. The van der Waals surface area contributed by atoms with E-state index in [0.29, 0.717) is 5.75 Å². The summed E-state index contributed by atoms with van der Waals surface area (Å²) in [6, 6.07) is 28.5. The fourth-order valence-electron chi connectivity index (χ4n) is 3.41. The standard InChI is InChI=1S/C14H11NO2S.C13H9NOS/c1-17-12-8-9(6-7-11(12)16)14-15-10-4-2-3-5-13(10)18-14;15-10-7-5-9(6-8-10)13-14-11-3-1-2-4-12(11)16-13/h2-8,16H,1H3;1-8,15H. The van der Waals surface area contributed by atoms with Crippen LogP contribution in [0.15, 0.2) is 91.0 Å². The Morgan fingerprint density at radius 3 is 1.74 bits per heavy atom. The van der Waals surface area contributed by atoms with Crippen LogP contribution in [0.1, 0.15) is 0 Å². The molecule has 0 amide bonds. The van der Waals surface area contributed by atoms with Crippen LogP contribution in [0.5, 0.6) is 17.2 Å². The van der Waals surface area contributed by atoms with Gasteiger partial charge in [-0.2, -0.15) is 0 Å². The summed E-state index contributed by atoms with van der Waals surface area (Å²) >= 11 is 3.29. The third-order valence-electron chi connectivity index (χ3n) is 5.13. The highest BCUT2D eigenvalue weighted by atomic mass is 32.1. The molecule has 6 aromatic rings. The zero-order chi connectivity index (χ0) is 23.5. The summed E-state index contributed by atoms with van der Waals surface area (Å²) in [5.74, 6) is 0.888. The maximum absolute atomic E-state index is 9.58. The van der Waals surface area contributed by atoms with Crippen molar-refractivity contribution < 1.29 is 14.9 Å². The van der Waals surface area contributed by atoms with Crippen LogP contribution in [-0.4, -0.2) is 27.3 Å². The molecule has 4 aromatic carbocycles. The number of phenolic OH excluding ortho intramolecular Hbond substituents is 2. The average molecular weight is 485 g/mol. The SMILES string of the molecule is COc1cc(-c2nc3ccccc3s2)ccc1O.Oc1ccc(-c2nc3ccccc3s2)cc1. The number of fused-ring (bicyclic) bond motifs is 2. The fraction of sp³-hybridized carbons (Fsp3) is 0.0370. The van der Waals surface area contributed by atoms with Crippen LogP contribution in [-0.2, 0) is 0 Å². The van der Waals surface area contributed by atoms with Crippen LogP contribution in [0.25, 0.3) is 41.6 Å². The first kappa shape index (κ1) is 21.9. The Bertz CT molecular complexity index is 1510. The molecular formula is C27H20N2O3S2. The van der Waals surface area contributed by atoms with Crippen LogP contribution < -0.4 is 4.74 Å². The number of aromatic nitrogens is 2. The van der Waals surface area contributed by atoms with Crippen molar-refractivity contribution in [1.82, 2.24) is 9.97 Å². The second-order valence-corrected chi connectivity index (χ2v) is 9.47. The Morgan fingerprint density at radius 1 is 0.647 bits per heavy atom. The molecule has 168 valence electrons. The first-order valence-corrected chi connectivity index (χ1v) is 12.1. The molecule has 0 saturated heterocycles. The molecule has 2 heterocycles. The number of thiazole rings is 2. The highest BCUT2D eigenvalue weighted by molar-refractivity contribution is 7.22. The van der Waals surface area contributed by atoms with Gasteiger partial charge in [0.15, 0.2) is 11.5 Å². The summed E-state index contributed by atoms with van der Waals surface area (Å²) in [5, 5.41) is 20.7. The van der Waals surface area contributed by atoms with Gasteiger partial charge in [-0.25, -0.2) is 9.97 Å². The van der Waals surface area contributed by atoms with Crippen molar-refractivity contribution in [2.45, 2.75) is 0 Å². The Labute approximate surface area is 204 Å². The molecule has 0 atom stereocenters. The molecule has 7 heteroatoms. The van der Waals surface area contributed by atoms with E-state index >= 15 is 0 Å². The van der Waals surface area contributed by atoms with Gasteiger partial charge in [-0.05, 0) is 66.7 Å². The molecule has 5 nitrogen and oxygen atoms in total. The summed E-state index contributed by atoms with van der Waals surface area (Å²) in [5.41, 5.74) is 4.00. The van der Waals surface area contributed by atoms with Crippen molar-refractivity contribution in [2.75, 3.05) is 7.11 Å². The van der Waals surface area contributed by atoms with E-state index in [1.165, 1.54) is 11.8 Å². The Balaban J connectivity index is 0.000000142.